The van der Waals surface area contributed by atoms with Crippen LogP contribution in [0, 0.1) is 42.4 Å². The van der Waals surface area contributed by atoms with E-state index in [1.807, 2.05) is 6.92 Å². The number of esters is 1. The van der Waals surface area contributed by atoms with Gasteiger partial charge in [0.1, 0.15) is 11.3 Å². The van der Waals surface area contributed by atoms with Gasteiger partial charge in [0.2, 0.25) is 11.8 Å². The monoisotopic (exact) mass is 467 g/mol. The second-order valence-corrected chi connectivity index (χ2v) is 10.0. The van der Waals surface area contributed by atoms with Gasteiger partial charge in [0.05, 0.1) is 23.1 Å². The lowest BCUT2D eigenvalue weighted by Gasteiger charge is -2.37. The predicted molar refractivity (Wildman–Crippen MR) is 126 cm³/mol. The molecule has 0 radical (unpaired) electrons. The highest BCUT2D eigenvalue weighted by Gasteiger charge is 2.67. The number of hydrogen-bond donors (Lipinski definition) is 0. The van der Waals surface area contributed by atoms with Crippen molar-refractivity contribution in [2.75, 3.05) is 4.90 Å². The Labute approximate surface area is 200 Å². The Hall–Kier alpha value is -4.00. The van der Waals surface area contributed by atoms with Gasteiger partial charge in [-0.1, -0.05) is 18.2 Å². The van der Waals surface area contributed by atoms with Crippen LogP contribution in [-0.2, 0) is 9.59 Å². The highest BCUT2D eigenvalue weighted by Crippen LogP contribution is 2.65. The molecule has 2 bridgehead atoms. The molecule has 2 saturated carbocycles. The molecule has 2 heterocycles. The predicted octanol–water partition coefficient (Wildman–Crippen LogP) is 3.88. The van der Waals surface area contributed by atoms with Crippen LogP contribution in [0.15, 0.2) is 69.9 Å². The summed E-state index contributed by atoms with van der Waals surface area (Å²) in [6.45, 7) is 1.83. The van der Waals surface area contributed by atoms with Gasteiger partial charge in [0.15, 0.2) is 0 Å². The Bertz CT molecular complexity index is 1510. The van der Waals surface area contributed by atoms with Crippen molar-refractivity contribution in [1.82, 2.24) is 0 Å². The van der Waals surface area contributed by atoms with Gasteiger partial charge in [0.25, 0.3) is 0 Å². The van der Waals surface area contributed by atoms with Gasteiger partial charge in [-0.3, -0.25) is 9.59 Å². The topological polar surface area (TPSA) is 93.9 Å². The third kappa shape index (κ3) is 2.90. The zero-order chi connectivity index (χ0) is 24.0. The van der Waals surface area contributed by atoms with Gasteiger partial charge in [-0.05, 0) is 72.9 Å². The van der Waals surface area contributed by atoms with Crippen LogP contribution in [0.3, 0.4) is 0 Å². The standard InChI is InChI=1S/C28H21NO6/c1-13-9-16(11-22-17(13)7-8-23(30)35-22)34-28(33)14-3-2-4-15(10-14)29-26(31)24-18-5-6-19(21-12-20(18)21)25(24)27(29)32/h2-11,18-21,24-25H,12H2,1H3/t18-,19-,20-,21-,24+,25+/m1/s1. The zero-order valence-corrected chi connectivity index (χ0v) is 18.8. The van der Waals surface area contributed by atoms with E-state index in [-0.39, 0.29) is 46.8 Å². The Morgan fingerprint density at radius 2 is 1.66 bits per heavy atom. The van der Waals surface area contributed by atoms with E-state index in [4.69, 9.17) is 9.15 Å². The SMILES string of the molecule is Cc1cc(OC(=O)c2cccc(N3C(=O)[C@H]4[C@@H]5C=C[C@H]([C@H]6C[C@H]56)[C@@H]4C3=O)c2)cc2oc(=O)ccc12. The molecule has 0 spiro atoms. The van der Waals surface area contributed by atoms with Crippen LogP contribution < -0.4 is 15.3 Å². The number of carbonyl (C=O) groups is 3. The normalized spacial score (nSPS) is 29.9. The Kier molecular flexibility index (Phi) is 4.08. The minimum absolute atomic E-state index is 0.140. The number of rotatable bonds is 3. The lowest BCUT2D eigenvalue weighted by Crippen LogP contribution is -2.40. The second kappa shape index (κ2) is 7.01. The van der Waals surface area contributed by atoms with E-state index in [0.717, 1.165) is 17.4 Å². The van der Waals surface area contributed by atoms with Gasteiger partial charge >= 0.3 is 11.6 Å². The molecule has 174 valence electrons. The molecule has 2 amide bonds. The molecule has 35 heavy (non-hydrogen) atoms. The molecule has 7 nitrogen and oxygen atoms in total. The fourth-order valence-corrected chi connectivity index (χ4v) is 6.53. The number of nitrogens with zero attached hydrogens (tertiary/aromatic N) is 1. The van der Waals surface area contributed by atoms with Crippen molar-refractivity contribution in [2.24, 2.45) is 35.5 Å². The molecule has 3 aromatic rings. The minimum atomic E-state index is -0.636. The molecule has 0 N–H and O–H groups in total. The van der Waals surface area contributed by atoms with Gasteiger partial charge in [-0.15, -0.1) is 0 Å². The fraction of sp³-hybridized carbons (Fsp3) is 0.286. The fourth-order valence-electron chi connectivity index (χ4n) is 6.53. The number of hydrogen-bond acceptors (Lipinski definition) is 6. The molecule has 5 aliphatic rings. The number of anilines is 1. The van der Waals surface area contributed by atoms with Crippen LogP contribution >= 0.6 is 0 Å². The van der Waals surface area contributed by atoms with E-state index in [9.17, 15) is 19.2 Å². The van der Waals surface area contributed by atoms with E-state index < -0.39 is 11.6 Å². The smallest absolute Gasteiger partial charge is 0.343 e. The molecule has 1 saturated heterocycles. The summed E-state index contributed by atoms with van der Waals surface area (Å²) in [5.74, 6) is -0.00546. The Morgan fingerprint density at radius 3 is 2.37 bits per heavy atom. The van der Waals surface area contributed by atoms with Crippen molar-refractivity contribution >= 4 is 34.4 Å². The lowest BCUT2D eigenvalue weighted by atomic mass is 9.63. The number of amides is 2. The number of carbonyl (C=O) groups excluding carboxylic acids is 3. The van der Waals surface area contributed by atoms with E-state index in [0.29, 0.717) is 23.1 Å². The number of fused-ring (bicyclic) bond motifs is 1. The van der Waals surface area contributed by atoms with Crippen LogP contribution in [0.2, 0.25) is 0 Å². The van der Waals surface area contributed by atoms with Gasteiger partial charge < -0.3 is 9.15 Å². The van der Waals surface area contributed by atoms with Crippen LogP contribution in [0.5, 0.6) is 5.75 Å². The molecule has 1 aromatic heterocycles. The molecule has 1 aliphatic heterocycles. The summed E-state index contributed by atoms with van der Waals surface area (Å²) in [6, 6.07) is 12.6. The first-order chi connectivity index (χ1) is 16.9. The first-order valence-electron chi connectivity index (χ1n) is 11.8. The average molecular weight is 467 g/mol. The Morgan fingerprint density at radius 1 is 0.943 bits per heavy atom. The minimum Gasteiger partial charge on any atom is -0.423 e. The molecule has 8 rings (SSSR count). The molecule has 4 aliphatic carbocycles. The van der Waals surface area contributed by atoms with Crippen molar-refractivity contribution in [3.63, 3.8) is 0 Å². The van der Waals surface area contributed by atoms with Crippen molar-refractivity contribution in [2.45, 2.75) is 13.3 Å². The van der Waals surface area contributed by atoms with Crippen molar-refractivity contribution < 1.29 is 23.5 Å². The number of benzene rings is 2. The molecule has 2 aromatic carbocycles. The van der Waals surface area contributed by atoms with E-state index in [1.54, 1.807) is 30.3 Å². The number of aryl methyl sites for hydroxylation is 1. The van der Waals surface area contributed by atoms with Crippen molar-refractivity contribution in [3.8, 4) is 5.75 Å². The van der Waals surface area contributed by atoms with E-state index in [1.165, 1.54) is 23.1 Å². The summed E-state index contributed by atoms with van der Waals surface area (Å²) in [5.41, 5.74) is 1.23. The maximum Gasteiger partial charge on any atom is 0.343 e. The molecule has 7 heteroatoms. The number of allylic oxidation sites excluding steroid dienone is 2. The molecular formula is C28H21NO6. The molecule has 6 atom stereocenters. The zero-order valence-electron chi connectivity index (χ0n) is 18.8. The van der Waals surface area contributed by atoms with Crippen LogP contribution in [-0.4, -0.2) is 17.8 Å². The van der Waals surface area contributed by atoms with Crippen LogP contribution in [0.4, 0.5) is 5.69 Å². The van der Waals surface area contributed by atoms with Gasteiger partial charge in [-0.25, -0.2) is 14.5 Å². The maximum atomic E-state index is 13.4. The third-order valence-electron chi connectivity index (χ3n) is 8.13. The highest BCUT2D eigenvalue weighted by atomic mass is 16.5. The maximum absolute atomic E-state index is 13.4. The Balaban J connectivity index is 1.17. The average Bonchev–Trinajstić information content (AvgIpc) is 3.62. The van der Waals surface area contributed by atoms with Crippen LogP contribution in [0.25, 0.3) is 11.0 Å². The summed E-state index contributed by atoms with van der Waals surface area (Å²) in [7, 11) is 0. The summed E-state index contributed by atoms with van der Waals surface area (Å²) in [4.78, 5) is 52.6. The first-order valence-corrected chi connectivity index (χ1v) is 11.8. The number of ether oxygens (including phenoxy) is 1. The summed E-state index contributed by atoms with van der Waals surface area (Å²) in [5, 5.41) is 0.750. The van der Waals surface area contributed by atoms with Gasteiger partial charge in [0, 0.05) is 17.5 Å². The quantitative estimate of drug-likeness (QED) is 0.191. The summed E-state index contributed by atoms with van der Waals surface area (Å²) >= 11 is 0. The lowest BCUT2D eigenvalue weighted by molar-refractivity contribution is -0.124. The van der Waals surface area contributed by atoms with Crippen molar-refractivity contribution in [1.29, 1.82) is 0 Å². The first kappa shape index (κ1) is 20.4. The van der Waals surface area contributed by atoms with Crippen molar-refractivity contribution in [3.05, 3.63) is 82.2 Å². The summed E-state index contributed by atoms with van der Waals surface area (Å²) in [6.07, 6.45) is 5.38. The molecular weight excluding hydrogens is 446 g/mol. The number of imide groups is 1. The summed E-state index contributed by atoms with van der Waals surface area (Å²) < 4.78 is 10.8. The molecule has 0 unspecified atom stereocenters. The van der Waals surface area contributed by atoms with E-state index >= 15 is 0 Å². The molecule has 3 fully saturated rings. The highest BCUT2D eigenvalue weighted by molar-refractivity contribution is 6.23. The van der Waals surface area contributed by atoms with Crippen LogP contribution in [0.1, 0.15) is 22.3 Å². The third-order valence-corrected chi connectivity index (χ3v) is 8.13. The van der Waals surface area contributed by atoms with E-state index in [2.05, 4.69) is 12.2 Å². The largest absolute Gasteiger partial charge is 0.423 e. The second-order valence-electron chi connectivity index (χ2n) is 10.0. The van der Waals surface area contributed by atoms with Gasteiger partial charge in [-0.2, -0.15) is 0 Å².